The van der Waals surface area contributed by atoms with Gasteiger partial charge < -0.3 is 10.1 Å². The molecule has 1 unspecified atom stereocenters. The maximum absolute atomic E-state index is 13.4. The molecule has 1 atom stereocenters. The van der Waals surface area contributed by atoms with Crippen LogP contribution >= 0.6 is 0 Å². The first-order valence-electron chi connectivity index (χ1n) is 5.45. The monoisotopic (exact) mass is 247 g/mol. The molecule has 0 saturated carbocycles. The molecule has 1 N–H and O–H groups in total. The van der Waals surface area contributed by atoms with Crippen LogP contribution in [0.25, 0.3) is 0 Å². The quantitative estimate of drug-likeness (QED) is 0.748. The number of benzene rings is 1. The van der Waals surface area contributed by atoms with E-state index in [9.17, 15) is 13.2 Å². The number of hydrogen-bond acceptors (Lipinski definition) is 2. The van der Waals surface area contributed by atoms with Crippen LogP contribution in [0.1, 0.15) is 18.5 Å². The summed E-state index contributed by atoms with van der Waals surface area (Å²) in [7, 11) is 0. The summed E-state index contributed by atoms with van der Waals surface area (Å²) in [5.74, 6) is -0.277. The number of nitrogens with one attached hydrogen (secondary N) is 1. The van der Waals surface area contributed by atoms with Crippen molar-refractivity contribution in [1.29, 1.82) is 0 Å². The molecule has 96 valence electrons. The molecule has 0 aromatic heterocycles. The number of halogens is 3. The van der Waals surface area contributed by atoms with E-state index in [1.165, 1.54) is 6.07 Å². The molecule has 0 aliphatic heterocycles. The van der Waals surface area contributed by atoms with Gasteiger partial charge in [-0.25, -0.2) is 13.2 Å². The second kappa shape index (κ2) is 7.29. The standard InChI is InChI=1S/C12H16F3NO/c1-9(10-4-2-3-5-11(10)13)16-6-7-17-8-12(14)15/h2-5,9,12,16H,6-8H2,1H3. The third kappa shape index (κ3) is 5.19. The molecule has 1 aromatic carbocycles. The van der Waals surface area contributed by atoms with E-state index in [-0.39, 0.29) is 18.5 Å². The van der Waals surface area contributed by atoms with Crippen molar-refractivity contribution in [3.8, 4) is 0 Å². The highest BCUT2D eigenvalue weighted by Crippen LogP contribution is 2.15. The third-order valence-electron chi connectivity index (χ3n) is 2.31. The van der Waals surface area contributed by atoms with Gasteiger partial charge in [-0.2, -0.15) is 0 Å². The molecule has 1 aromatic rings. The Hall–Kier alpha value is -1.07. The van der Waals surface area contributed by atoms with E-state index < -0.39 is 13.0 Å². The molecule has 0 fully saturated rings. The molecule has 0 spiro atoms. The van der Waals surface area contributed by atoms with Gasteiger partial charge in [0.05, 0.1) is 6.61 Å². The Labute approximate surface area is 98.8 Å². The Kier molecular flexibility index (Phi) is 6.00. The summed E-state index contributed by atoms with van der Waals surface area (Å²) < 4.78 is 41.5. The zero-order valence-corrected chi connectivity index (χ0v) is 9.63. The molecule has 0 radical (unpaired) electrons. The van der Waals surface area contributed by atoms with Crippen LogP contribution < -0.4 is 5.32 Å². The Bertz CT molecular complexity index is 333. The van der Waals surface area contributed by atoms with Crippen molar-refractivity contribution >= 4 is 0 Å². The first-order valence-corrected chi connectivity index (χ1v) is 5.45. The Morgan fingerprint density at radius 1 is 1.29 bits per heavy atom. The summed E-state index contributed by atoms with van der Waals surface area (Å²) in [5.41, 5.74) is 0.557. The van der Waals surface area contributed by atoms with Crippen LogP contribution in [-0.4, -0.2) is 26.2 Å². The minimum absolute atomic E-state index is 0.175. The fourth-order valence-corrected chi connectivity index (χ4v) is 1.46. The molecule has 1 rings (SSSR count). The Morgan fingerprint density at radius 2 is 2.00 bits per heavy atom. The second-order valence-corrected chi connectivity index (χ2v) is 3.66. The smallest absolute Gasteiger partial charge is 0.261 e. The van der Waals surface area contributed by atoms with Crippen molar-refractivity contribution in [2.24, 2.45) is 0 Å². The van der Waals surface area contributed by atoms with Crippen LogP contribution in [0.3, 0.4) is 0 Å². The highest BCUT2D eigenvalue weighted by atomic mass is 19.3. The second-order valence-electron chi connectivity index (χ2n) is 3.66. The fourth-order valence-electron chi connectivity index (χ4n) is 1.46. The lowest BCUT2D eigenvalue weighted by molar-refractivity contribution is 0.0183. The minimum Gasteiger partial charge on any atom is -0.374 e. The summed E-state index contributed by atoms with van der Waals surface area (Å²) >= 11 is 0. The van der Waals surface area contributed by atoms with Gasteiger partial charge in [0, 0.05) is 18.2 Å². The number of ether oxygens (including phenoxy) is 1. The number of rotatable bonds is 7. The summed E-state index contributed by atoms with van der Waals surface area (Å²) in [4.78, 5) is 0. The van der Waals surface area contributed by atoms with Crippen molar-refractivity contribution in [2.75, 3.05) is 19.8 Å². The number of hydrogen-bond donors (Lipinski definition) is 1. The summed E-state index contributed by atoms with van der Waals surface area (Å²) in [6.45, 7) is 1.84. The van der Waals surface area contributed by atoms with Crippen LogP contribution in [0.5, 0.6) is 0 Å². The molecule has 0 amide bonds. The van der Waals surface area contributed by atoms with Crippen molar-refractivity contribution in [1.82, 2.24) is 5.32 Å². The summed E-state index contributed by atoms with van der Waals surface area (Å²) in [6, 6.07) is 6.28. The average molecular weight is 247 g/mol. The first kappa shape index (κ1) is 14.0. The van der Waals surface area contributed by atoms with Gasteiger partial charge in [0.1, 0.15) is 12.4 Å². The van der Waals surface area contributed by atoms with Crippen molar-refractivity contribution < 1.29 is 17.9 Å². The zero-order valence-electron chi connectivity index (χ0n) is 9.63. The molecule has 5 heteroatoms. The topological polar surface area (TPSA) is 21.3 Å². The van der Waals surface area contributed by atoms with Crippen LogP contribution in [0.2, 0.25) is 0 Å². The van der Waals surface area contributed by atoms with E-state index in [1.54, 1.807) is 18.2 Å². The van der Waals surface area contributed by atoms with Crippen LogP contribution in [0, 0.1) is 5.82 Å². The van der Waals surface area contributed by atoms with Gasteiger partial charge in [-0.15, -0.1) is 0 Å². The highest BCUT2D eigenvalue weighted by molar-refractivity contribution is 5.20. The van der Waals surface area contributed by atoms with Crippen molar-refractivity contribution in [3.63, 3.8) is 0 Å². The van der Waals surface area contributed by atoms with E-state index in [4.69, 9.17) is 4.74 Å². The third-order valence-corrected chi connectivity index (χ3v) is 2.31. The molecular formula is C12H16F3NO. The lowest BCUT2D eigenvalue weighted by Crippen LogP contribution is -2.24. The van der Waals surface area contributed by atoms with Crippen LogP contribution in [0.15, 0.2) is 24.3 Å². The van der Waals surface area contributed by atoms with Crippen molar-refractivity contribution in [2.45, 2.75) is 19.4 Å². The molecule has 0 heterocycles. The minimum atomic E-state index is -2.45. The van der Waals surface area contributed by atoms with Crippen molar-refractivity contribution in [3.05, 3.63) is 35.6 Å². The average Bonchev–Trinajstić information content (AvgIpc) is 2.28. The van der Waals surface area contributed by atoms with E-state index in [0.717, 1.165) is 0 Å². The number of alkyl halides is 2. The van der Waals surface area contributed by atoms with Gasteiger partial charge in [0.2, 0.25) is 0 Å². The van der Waals surface area contributed by atoms with Crippen LogP contribution in [0.4, 0.5) is 13.2 Å². The van der Waals surface area contributed by atoms with Gasteiger partial charge in [0.15, 0.2) is 0 Å². The maximum atomic E-state index is 13.4. The molecular weight excluding hydrogens is 231 g/mol. The SMILES string of the molecule is CC(NCCOCC(F)F)c1ccccc1F. The van der Waals surface area contributed by atoms with E-state index in [2.05, 4.69) is 5.32 Å². The predicted molar refractivity (Wildman–Crippen MR) is 59.6 cm³/mol. The zero-order chi connectivity index (χ0) is 12.7. The normalized spacial score (nSPS) is 13.0. The largest absolute Gasteiger partial charge is 0.374 e. The molecule has 0 bridgehead atoms. The van der Waals surface area contributed by atoms with E-state index >= 15 is 0 Å². The first-order chi connectivity index (χ1) is 8.11. The maximum Gasteiger partial charge on any atom is 0.261 e. The lowest BCUT2D eigenvalue weighted by Gasteiger charge is -2.14. The van der Waals surface area contributed by atoms with Gasteiger partial charge in [0.25, 0.3) is 6.43 Å². The fraction of sp³-hybridized carbons (Fsp3) is 0.500. The van der Waals surface area contributed by atoms with Gasteiger partial charge >= 0.3 is 0 Å². The molecule has 0 saturated heterocycles. The van der Waals surface area contributed by atoms with E-state index in [0.29, 0.717) is 12.1 Å². The summed E-state index contributed by atoms with van der Waals surface area (Å²) in [6.07, 6.45) is -2.45. The molecule has 0 aliphatic rings. The Balaban J connectivity index is 2.26. The summed E-state index contributed by atoms with van der Waals surface area (Å²) in [5, 5.41) is 3.00. The molecule has 0 aliphatic carbocycles. The molecule has 2 nitrogen and oxygen atoms in total. The highest BCUT2D eigenvalue weighted by Gasteiger charge is 2.09. The predicted octanol–water partition coefficient (Wildman–Crippen LogP) is 2.76. The van der Waals surface area contributed by atoms with Gasteiger partial charge in [-0.3, -0.25) is 0 Å². The molecule has 17 heavy (non-hydrogen) atoms. The van der Waals surface area contributed by atoms with Gasteiger partial charge in [-0.05, 0) is 13.0 Å². The lowest BCUT2D eigenvalue weighted by atomic mass is 10.1. The van der Waals surface area contributed by atoms with Crippen LogP contribution in [-0.2, 0) is 4.74 Å². The Morgan fingerprint density at radius 3 is 2.65 bits per heavy atom. The van der Waals surface area contributed by atoms with Gasteiger partial charge in [-0.1, -0.05) is 18.2 Å². The van der Waals surface area contributed by atoms with E-state index in [1.807, 2.05) is 6.92 Å².